The number of phenolic OH excluding ortho intramolecular Hbond substituents is 2. The van der Waals surface area contributed by atoms with Crippen molar-refractivity contribution in [3.05, 3.63) is 65.2 Å². The van der Waals surface area contributed by atoms with Crippen molar-refractivity contribution in [3.63, 3.8) is 0 Å². The lowest BCUT2D eigenvalue weighted by molar-refractivity contribution is 0.0852. The van der Waals surface area contributed by atoms with Gasteiger partial charge in [-0.3, -0.25) is 4.79 Å². The van der Waals surface area contributed by atoms with Crippen LogP contribution in [0.25, 0.3) is 10.8 Å². The van der Waals surface area contributed by atoms with Crippen molar-refractivity contribution >= 4 is 16.6 Å². The van der Waals surface area contributed by atoms with Gasteiger partial charge < -0.3 is 14.9 Å². The second kappa shape index (κ2) is 4.51. The van der Waals surface area contributed by atoms with Crippen LogP contribution < -0.4 is 4.74 Å². The highest BCUT2D eigenvalue weighted by Crippen LogP contribution is 2.50. The fraction of sp³-hybridized carbons (Fsp3) is 0.150. The van der Waals surface area contributed by atoms with Crippen molar-refractivity contribution in [1.29, 1.82) is 0 Å². The molecule has 2 unspecified atom stereocenters. The Balaban J connectivity index is 1.88. The summed E-state index contributed by atoms with van der Waals surface area (Å²) in [6.07, 6.45) is -0.0707. The van der Waals surface area contributed by atoms with Crippen molar-refractivity contribution in [3.8, 4) is 17.2 Å². The molecule has 2 N–H and O–H groups in total. The topological polar surface area (TPSA) is 66.8 Å². The number of Topliss-reactive ketones (excluding diaryl/α,β-unsaturated/α-hetero) is 1. The molecule has 1 aliphatic heterocycles. The van der Waals surface area contributed by atoms with E-state index >= 15 is 0 Å². The Hall–Kier alpha value is -3.01. The molecule has 0 saturated carbocycles. The Morgan fingerprint density at radius 3 is 2.67 bits per heavy atom. The number of ether oxygens (including phenoxy) is 1. The van der Waals surface area contributed by atoms with Crippen molar-refractivity contribution in [2.24, 2.45) is 0 Å². The third-order valence-corrected chi connectivity index (χ3v) is 5.08. The molecule has 0 fully saturated rings. The lowest BCUT2D eigenvalue weighted by Crippen LogP contribution is -2.36. The van der Waals surface area contributed by atoms with Gasteiger partial charge in [0.05, 0.1) is 5.92 Å². The van der Waals surface area contributed by atoms with E-state index < -0.39 is 0 Å². The zero-order chi connectivity index (χ0) is 16.4. The molecule has 2 atom stereocenters. The zero-order valence-corrected chi connectivity index (χ0v) is 12.7. The van der Waals surface area contributed by atoms with Crippen LogP contribution in [-0.2, 0) is 0 Å². The van der Waals surface area contributed by atoms with E-state index in [0.717, 1.165) is 16.3 Å². The van der Waals surface area contributed by atoms with E-state index in [4.69, 9.17) is 4.74 Å². The molecule has 0 saturated heterocycles. The number of rotatable bonds is 0. The summed E-state index contributed by atoms with van der Waals surface area (Å²) in [5.41, 5.74) is 2.16. The maximum absolute atomic E-state index is 12.5. The molecule has 24 heavy (non-hydrogen) atoms. The number of hydrogen-bond donors (Lipinski definition) is 2. The summed E-state index contributed by atoms with van der Waals surface area (Å²) >= 11 is 0. The molecular weight excluding hydrogens is 304 g/mol. The van der Waals surface area contributed by atoms with Crippen LogP contribution in [-0.4, -0.2) is 22.1 Å². The Bertz CT molecular complexity index is 1020. The minimum Gasteiger partial charge on any atom is -0.508 e. The minimum absolute atomic E-state index is 0.0171. The molecule has 3 aromatic carbocycles. The van der Waals surface area contributed by atoms with Crippen LogP contribution in [0, 0.1) is 0 Å². The number of carbonyl (C=O) groups is 1. The highest BCUT2D eigenvalue weighted by Gasteiger charge is 2.42. The normalized spacial score (nSPS) is 21.1. The maximum atomic E-state index is 12.5. The number of aromatic hydroxyl groups is 2. The standard InChI is InChI=1S/C20H14O4/c21-13-8-7-12-18-10(13)4-2-6-16(18)24-17-9-15(23)11-3-1-5-14(22)19(11)20(12)17/h1-8,17,20-22H,9H2. The quantitative estimate of drug-likeness (QED) is 0.663. The van der Waals surface area contributed by atoms with Crippen LogP contribution in [0.3, 0.4) is 0 Å². The van der Waals surface area contributed by atoms with Crippen molar-refractivity contribution < 1.29 is 19.7 Å². The van der Waals surface area contributed by atoms with Crippen LogP contribution in [0.5, 0.6) is 17.2 Å². The SMILES string of the molecule is O=C1CC2Oc3cccc4c(O)ccc(c34)C2c2c(O)cccc21. The van der Waals surface area contributed by atoms with Crippen LogP contribution in [0.4, 0.5) is 0 Å². The molecule has 1 aliphatic carbocycles. The number of ketones is 1. The average Bonchev–Trinajstić information content (AvgIpc) is 2.58. The Kier molecular flexibility index (Phi) is 2.52. The van der Waals surface area contributed by atoms with Crippen LogP contribution in [0.15, 0.2) is 48.5 Å². The minimum atomic E-state index is -0.346. The zero-order valence-electron chi connectivity index (χ0n) is 12.7. The molecule has 4 heteroatoms. The lowest BCUT2D eigenvalue weighted by atomic mass is 9.73. The smallest absolute Gasteiger partial charge is 0.167 e. The van der Waals surface area contributed by atoms with Gasteiger partial charge >= 0.3 is 0 Å². The largest absolute Gasteiger partial charge is 0.508 e. The van der Waals surface area contributed by atoms with Crippen molar-refractivity contribution in [2.45, 2.75) is 18.4 Å². The summed E-state index contributed by atoms with van der Waals surface area (Å²) in [6.45, 7) is 0. The summed E-state index contributed by atoms with van der Waals surface area (Å²) in [7, 11) is 0. The van der Waals surface area contributed by atoms with Gasteiger partial charge in [-0.2, -0.15) is 0 Å². The van der Waals surface area contributed by atoms with Crippen molar-refractivity contribution in [1.82, 2.24) is 0 Å². The van der Waals surface area contributed by atoms with Gasteiger partial charge in [-0.15, -0.1) is 0 Å². The summed E-state index contributed by atoms with van der Waals surface area (Å²) in [6, 6.07) is 14.1. The predicted octanol–water partition coefficient (Wildman–Crippen LogP) is 3.73. The van der Waals surface area contributed by atoms with Gasteiger partial charge in [0.1, 0.15) is 23.4 Å². The number of hydrogen-bond acceptors (Lipinski definition) is 4. The molecule has 5 rings (SSSR count). The van der Waals surface area contributed by atoms with Gasteiger partial charge in [0.2, 0.25) is 0 Å². The fourth-order valence-electron chi connectivity index (χ4n) is 4.09. The van der Waals surface area contributed by atoms with E-state index in [9.17, 15) is 15.0 Å². The molecule has 0 aromatic heterocycles. The second-order valence-corrected chi connectivity index (χ2v) is 6.35. The molecular formula is C20H14O4. The van der Waals surface area contributed by atoms with Gasteiger partial charge in [-0.05, 0) is 23.8 Å². The van der Waals surface area contributed by atoms with Gasteiger partial charge in [-0.25, -0.2) is 0 Å². The van der Waals surface area contributed by atoms with Crippen LogP contribution in [0.2, 0.25) is 0 Å². The van der Waals surface area contributed by atoms with E-state index in [2.05, 4.69) is 0 Å². The summed E-state index contributed by atoms with van der Waals surface area (Å²) in [5.74, 6) is 0.738. The van der Waals surface area contributed by atoms with Crippen molar-refractivity contribution in [2.75, 3.05) is 0 Å². The Morgan fingerprint density at radius 2 is 1.79 bits per heavy atom. The third kappa shape index (κ3) is 1.60. The molecule has 0 amide bonds. The first kappa shape index (κ1) is 13.4. The first-order valence-corrected chi connectivity index (χ1v) is 7.91. The van der Waals surface area contributed by atoms with E-state index in [1.54, 1.807) is 24.3 Å². The molecule has 118 valence electrons. The fourth-order valence-corrected chi connectivity index (χ4v) is 4.09. The molecule has 0 bridgehead atoms. The highest BCUT2D eigenvalue weighted by molar-refractivity contribution is 6.02. The molecule has 0 spiro atoms. The van der Waals surface area contributed by atoms with Gasteiger partial charge in [0.25, 0.3) is 0 Å². The number of carbonyl (C=O) groups excluding carboxylic acids is 1. The monoisotopic (exact) mass is 318 g/mol. The summed E-state index contributed by atoms with van der Waals surface area (Å²) in [5, 5.41) is 22.2. The average molecular weight is 318 g/mol. The van der Waals surface area contributed by atoms with E-state index in [1.807, 2.05) is 24.3 Å². The molecule has 3 aromatic rings. The Morgan fingerprint density at radius 1 is 0.958 bits per heavy atom. The predicted molar refractivity (Wildman–Crippen MR) is 88.9 cm³/mol. The lowest BCUT2D eigenvalue weighted by Gasteiger charge is -2.38. The van der Waals surface area contributed by atoms with Crippen LogP contribution in [0.1, 0.15) is 33.8 Å². The first-order valence-electron chi connectivity index (χ1n) is 7.91. The summed E-state index contributed by atoms with van der Waals surface area (Å²) in [4.78, 5) is 12.5. The summed E-state index contributed by atoms with van der Waals surface area (Å²) < 4.78 is 6.10. The molecule has 2 aliphatic rings. The number of benzene rings is 3. The first-order chi connectivity index (χ1) is 11.6. The van der Waals surface area contributed by atoms with Gasteiger partial charge in [0, 0.05) is 28.3 Å². The molecule has 1 heterocycles. The number of phenols is 2. The highest BCUT2D eigenvalue weighted by atomic mass is 16.5. The Labute approximate surface area is 137 Å². The molecule has 0 radical (unpaired) electrons. The molecule has 4 nitrogen and oxygen atoms in total. The van der Waals surface area contributed by atoms with E-state index in [-0.39, 0.29) is 35.7 Å². The third-order valence-electron chi connectivity index (χ3n) is 5.08. The van der Waals surface area contributed by atoms with Crippen LogP contribution >= 0.6 is 0 Å². The van der Waals surface area contributed by atoms with E-state index in [1.165, 1.54) is 0 Å². The van der Waals surface area contributed by atoms with Gasteiger partial charge in [0.15, 0.2) is 5.78 Å². The number of fused-ring (bicyclic) bond motifs is 4. The second-order valence-electron chi connectivity index (χ2n) is 6.35. The van der Waals surface area contributed by atoms with Gasteiger partial charge in [-0.1, -0.05) is 30.3 Å². The van der Waals surface area contributed by atoms with E-state index in [0.29, 0.717) is 16.9 Å². The maximum Gasteiger partial charge on any atom is 0.167 e.